The molecular formula is C22H28N2O6S. The van der Waals surface area contributed by atoms with Crippen molar-refractivity contribution < 1.29 is 27.5 Å². The molecule has 2 rings (SSSR count). The topological polar surface area (TPSA) is 111 Å². The van der Waals surface area contributed by atoms with Gasteiger partial charge in [0.05, 0.1) is 4.90 Å². The minimum atomic E-state index is -3.62. The van der Waals surface area contributed by atoms with Gasteiger partial charge in [-0.2, -0.15) is 0 Å². The lowest BCUT2D eigenvalue weighted by Crippen LogP contribution is -2.32. The summed E-state index contributed by atoms with van der Waals surface area (Å²) in [5.74, 6) is -0.642. The molecule has 2 aromatic rings. The Morgan fingerprint density at radius 2 is 1.65 bits per heavy atom. The molecule has 31 heavy (non-hydrogen) atoms. The summed E-state index contributed by atoms with van der Waals surface area (Å²) in [7, 11) is -3.62. The number of benzene rings is 2. The van der Waals surface area contributed by atoms with E-state index in [0.29, 0.717) is 11.4 Å². The first-order valence-electron chi connectivity index (χ1n) is 9.80. The third kappa shape index (κ3) is 7.37. The van der Waals surface area contributed by atoms with Crippen LogP contribution < -0.4 is 14.8 Å². The van der Waals surface area contributed by atoms with Crippen LogP contribution in [-0.2, 0) is 24.3 Å². The van der Waals surface area contributed by atoms with Crippen LogP contribution in [0.1, 0.15) is 31.9 Å². The Hall–Kier alpha value is -2.91. The number of ether oxygens (including phenoxy) is 2. The predicted molar refractivity (Wildman–Crippen MR) is 117 cm³/mol. The van der Waals surface area contributed by atoms with Gasteiger partial charge >= 0.3 is 5.97 Å². The number of amides is 1. The van der Waals surface area contributed by atoms with Crippen molar-refractivity contribution in [3.63, 3.8) is 0 Å². The van der Waals surface area contributed by atoms with E-state index < -0.39 is 28.0 Å². The second-order valence-electron chi connectivity index (χ2n) is 7.48. The highest BCUT2D eigenvalue weighted by Crippen LogP contribution is 2.19. The molecule has 0 aliphatic heterocycles. The maximum Gasteiger partial charge on any atom is 0.344 e. The van der Waals surface area contributed by atoms with E-state index in [1.54, 1.807) is 13.8 Å². The monoisotopic (exact) mass is 448 g/mol. The molecule has 0 saturated heterocycles. The van der Waals surface area contributed by atoms with Crippen LogP contribution in [0.4, 0.5) is 5.69 Å². The number of nitrogens with one attached hydrogen (secondary N) is 2. The molecule has 0 heterocycles. The molecular weight excluding hydrogens is 420 g/mol. The van der Waals surface area contributed by atoms with Gasteiger partial charge in [0.1, 0.15) is 5.75 Å². The summed E-state index contributed by atoms with van der Waals surface area (Å²) in [6.07, 6.45) is -1.05. The number of rotatable bonds is 9. The molecule has 2 N–H and O–H groups in total. The zero-order chi connectivity index (χ0) is 23.2. The quantitative estimate of drug-likeness (QED) is 0.571. The summed E-state index contributed by atoms with van der Waals surface area (Å²) in [5, 5.41) is 2.58. The van der Waals surface area contributed by atoms with Gasteiger partial charge in [-0.15, -0.1) is 0 Å². The maximum atomic E-state index is 12.3. The van der Waals surface area contributed by atoms with Crippen LogP contribution in [0, 0.1) is 13.8 Å². The van der Waals surface area contributed by atoms with Crippen LogP contribution in [0.3, 0.4) is 0 Å². The number of carbonyl (C=O) groups is 2. The predicted octanol–water partition coefficient (Wildman–Crippen LogP) is 2.94. The van der Waals surface area contributed by atoms with Crippen LogP contribution in [0.15, 0.2) is 47.4 Å². The van der Waals surface area contributed by atoms with E-state index in [1.165, 1.54) is 31.2 Å². The standard InChI is InChI=1S/C22H28N2O6S/c1-14(2)24-31(27,28)19-10-8-18(9-11-19)23-22(26)17(5)30-21(25)13-29-20-12-15(3)6-7-16(20)4/h6-12,14,17,24H,13H2,1-5H3,(H,23,26). The van der Waals surface area contributed by atoms with Crippen LogP contribution >= 0.6 is 0 Å². The minimum Gasteiger partial charge on any atom is -0.482 e. The van der Waals surface area contributed by atoms with E-state index in [1.807, 2.05) is 32.0 Å². The number of hydrogen-bond donors (Lipinski definition) is 2. The molecule has 1 unspecified atom stereocenters. The van der Waals surface area contributed by atoms with Crippen molar-refractivity contribution in [2.45, 2.75) is 51.7 Å². The largest absolute Gasteiger partial charge is 0.482 e. The maximum absolute atomic E-state index is 12.3. The molecule has 0 aliphatic carbocycles. The molecule has 2 aromatic carbocycles. The number of sulfonamides is 1. The van der Waals surface area contributed by atoms with Crippen molar-refractivity contribution in [1.82, 2.24) is 4.72 Å². The lowest BCUT2D eigenvalue weighted by molar-refractivity contribution is -0.155. The Labute approximate surface area is 183 Å². The van der Waals surface area contributed by atoms with Gasteiger partial charge in [0.15, 0.2) is 12.7 Å². The Bertz CT molecular complexity index is 1030. The van der Waals surface area contributed by atoms with Gasteiger partial charge in [-0.1, -0.05) is 12.1 Å². The van der Waals surface area contributed by atoms with Gasteiger partial charge in [-0.05, 0) is 76.1 Å². The average Bonchev–Trinajstić information content (AvgIpc) is 2.68. The molecule has 0 aromatic heterocycles. The average molecular weight is 449 g/mol. The molecule has 0 radical (unpaired) electrons. The minimum absolute atomic E-state index is 0.0854. The van der Waals surface area contributed by atoms with E-state index in [-0.39, 0.29) is 17.5 Å². The van der Waals surface area contributed by atoms with Crippen molar-refractivity contribution in [2.75, 3.05) is 11.9 Å². The lowest BCUT2D eigenvalue weighted by Gasteiger charge is -2.15. The van der Waals surface area contributed by atoms with E-state index in [4.69, 9.17) is 9.47 Å². The number of anilines is 1. The Morgan fingerprint density at radius 3 is 2.26 bits per heavy atom. The van der Waals surface area contributed by atoms with Crippen molar-refractivity contribution in [3.8, 4) is 5.75 Å². The second kappa shape index (κ2) is 10.4. The SMILES string of the molecule is Cc1ccc(C)c(OCC(=O)OC(C)C(=O)Nc2ccc(S(=O)(=O)NC(C)C)cc2)c1. The second-order valence-corrected chi connectivity index (χ2v) is 9.19. The van der Waals surface area contributed by atoms with E-state index >= 15 is 0 Å². The summed E-state index contributed by atoms with van der Waals surface area (Å²) in [6.45, 7) is 8.35. The van der Waals surface area contributed by atoms with Crippen molar-refractivity contribution >= 4 is 27.6 Å². The van der Waals surface area contributed by atoms with Gasteiger partial charge in [0.2, 0.25) is 10.0 Å². The van der Waals surface area contributed by atoms with E-state index in [2.05, 4.69) is 10.0 Å². The fraction of sp³-hybridized carbons (Fsp3) is 0.364. The van der Waals surface area contributed by atoms with Crippen LogP contribution in [-0.4, -0.2) is 39.0 Å². The van der Waals surface area contributed by atoms with Crippen molar-refractivity contribution in [1.29, 1.82) is 0 Å². The molecule has 0 fully saturated rings. The molecule has 0 saturated carbocycles. The molecule has 9 heteroatoms. The van der Waals surface area contributed by atoms with Gasteiger partial charge in [-0.3, -0.25) is 4.79 Å². The molecule has 0 aliphatic rings. The van der Waals surface area contributed by atoms with Crippen LogP contribution in [0.5, 0.6) is 5.75 Å². The third-order valence-electron chi connectivity index (χ3n) is 4.19. The summed E-state index contributed by atoms with van der Waals surface area (Å²) < 4.78 is 37.4. The number of aryl methyl sites for hydroxylation is 2. The fourth-order valence-corrected chi connectivity index (χ4v) is 3.87. The first-order valence-corrected chi connectivity index (χ1v) is 11.3. The fourth-order valence-electron chi connectivity index (χ4n) is 2.62. The van der Waals surface area contributed by atoms with Crippen molar-refractivity contribution in [3.05, 3.63) is 53.6 Å². The van der Waals surface area contributed by atoms with Crippen LogP contribution in [0.25, 0.3) is 0 Å². The number of esters is 1. The molecule has 0 bridgehead atoms. The highest BCUT2D eigenvalue weighted by Gasteiger charge is 2.19. The zero-order valence-corrected chi connectivity index (χ0v) is 19.1. The Kier molecular flexibility index (Phi) is 8.18. The van der Waals surface area contributed by atoms with Gasteiger partial charge in [0.25, 0.3) is 5.91 Å². The van der Waals surface area contributed by atoms with E-state index in [0.717, 1.165) is 11.1 Å². The van der Waals surface area contributed by atoms with Gasteiger partial charge < -0.3 is 14.8 Å². The van der Waals surface area contributed by atoms with Gasteiger partial charge in [-0.25, -0.2) is 17.9 Å². The Balaban J connectivity index is 1.89. The molecule has 168 valence electrons. The first-order chi connectivity index (χ1) is 14.5. The molecule has 8 nitrogen and oxygen atoms in total. The van der Waals surface area contributed by atoms with E-state index in [9.17, 15) is 18.0 Å². The van der Waals surface area contributed by atoms with Crippen molar-refractivity contribution in [2.24, 2.45) is 0 Å². The Morgan fingerprint density at radius 1 is 1.00 bits per heavy atom. The molecule has 1 atom stereocenters. The molecule has 1 amide bonds. The summed E-state index contributed by atoms with van der Waals surface area (Å²) >= 11 is 0. The third-order valence-corrected chi connectivity index (χ3v) is 5.86. The summed E-state index contributed by atoms with van der Waals surface area (Å²) in [4.78, 5) is 24.4. The first kappa shape index (κ1) is 24.4. The summed E-state index contributed by atoms with van der Waals surface area (Å²) in [5.41, 5.74) is 2.27. The smallest absolute Gasteiger partial charge is 0.344 e. The summed E-state index contributed by atoms with van der Waals surface area (Å²) in [6, 6.07) is 11.1. The highest BCUT2D eigenvalue weighted by molar-refractivity contribution is 7.89. The highest BCUT2D eigenvalue weighted by atomic mass is 32.2. The normalized spacial score (nSPS) is 12.3. The zero-order valence-electron chi connectivity index (χ0n) is 18.3. The van der Waals surface area contributed by atoms with Gasteiger partial charge in [0, 0.05) is 11.7 Å². The molecule has 0 spiro atoms. The lowest BCUT2D eigenvalue weighted by atomic mass is 10.1. The number of carbonyl (C=O) groups excluding carboxylic acids is 2. The van der Waals surface area contributed by atoms with Crippen LogP contribution in [0.2, 0.25) is 0 Å². The number of hydrogen-bond acceptors (Lipinski definition) is 6.